The number of carbonyl (C=O) groups is 1. The number of aryl methyl sites for hydroxylation is 4. The standard InChI is InChI=1S/C25H28IN5OS/c1-14-8-9-15(2)19(13-14)29-20(32)10-12-31-24(21-16(3)28-17(4)22(21)26)23(30-25(31)33)18-7-5-6-11-27-18/h5-9,11,13,23-24,28H,10,12H2,1-4H3,(H,29,32)(H,30,33)/t23-,24-/m0/s1. The van der Waals surface area contributed by atoms with Gasteiger partial charge in [-0.1, -0.05) is 18.2 Å². The van der Waals surface area contributed by atoms with Crippen LogP contribution < -0.4 is 10.6 Å². The number of amides is 1. The molecule has 1 aliphatic rings. The summed E-state index contributed by atoms with van der Waals surface area (Å²) >= 11 is 8.15. The van der Waals surface area contributed by atoms with Gasteiger partial charge in [-0.25, -0.2) is 0 Å². The number of aromatic amines is 1. The van der Waals surface area contributed by atoms with Gasteiger partial charge in [0.1, 0.15) is 0 Å². The molecule has 3 N–H and O–H groups in total. The van der Waals surface area contributed by atoms with Gasteiger partial charge in [0, 0.05) is 45.4 Å². The zero-order chi connectivity index (χ0) is 23.7. The number of benzene rings is 1. The van der Waals surface area contributed by atoms with E-state index in [1.54, 1.807) is 6.20 Å². The summed E-state index contributed by atoms with van der Waals surface area (Å²) in [5.41, 5.74) is 7.40. The van der Waals surface area contributed by atoms with E-state index in [9.17, 15) is 4.79 Å². The third-order valence-corrected chi connectivity index (χ3v) is 7.83. The molecule has 0 unspecified atom stereocenters. The molecule has 8 heteroatoms. The number of hydrogen-bond donors (Lipinski definition) is 3. The van der Waals surface area contributed by atoms with Crippen LogP contribution in [0.4, 0.5) is 5.69 Å². The molecule has 4 rings (SSSR count). The minimum Gasteiger partial charge on any atom is -0.362 e. The lowest BCUT2D eigenvalue weighted by Crippen LogP contribution is -2.33. The summed E-state index contributed by atoms with van der Waals surface area (Å²) in [5, 5.41) is 7.18. The van der Waals surface area contributed by atoms with Crippen molar-refractivity contribution in [3.05, 3.63) is 79.9 Å². The predicted octanol–water partition coefficient (Wildman–Crippen LogP) is 5.25. The Balaban J connectivity index is 1.59. The van der Waals surface area contributed by atoms with Crippen LogP contribution in [0.15, 0.2) is 42.6 Å². The molecule has 1 amide bonds. The van der Waals surface area contributed by atoms with E-state index in [1.807, 2.05) is 50.2 Å². The van der Waals surface area contributed by atoms with Gasteiger partial charge < -0.3 is 20.5 Å². The second-order valence-corrected chi connectivity index (χ2v) is 10.0. The molecule has 0 saturated carbocycles. The summed E-state index contributed by atoms with van der Waals surface area (Å²) in [6.45, 7) is 8.70. The van der Waals surface area contributed by atoms with Crippen LogP contribution in [0, 0.1) is 31.3 Å². The smallest absolute Gasteiger partial charge is 0.226 e. The lowest BCUT2D eigenvalue weighted by atomic mass is 9.96. The number of rotatable bonds is 6. The molecule has 6 nitrogen and oxygen atoms in total. The number of aromatic nitrogens is 2. The van der Waals surface area contributed by atoms with Crippen molar-refractivity contribution in [2.45, 2.75) is 46.2 Å². The molecule has 1 saturated heterocycles. The summed E-state index contributed by atoms with van der Waals surface area (Å²) < 4.78 is 1.19. The first-order valence-electron chi connectivity index (χ1n) is 11.0. The molecule has 0 spiro atoms. The second kappa shape index (κ2) is 9.80. The van der Waals surface area contributed by atoms with E-state index in [1.165, 1.54) is 9.13 Å². The normalized spacial score (nSPS) is 17.8. The average Bonchev–Trinajstić information content (AvgIpc) is 3.23. The van der Waals surface area contributed by atoms with E-state index in [4.69, 9.17) is 12.2 Å². The maximum atomic E-state index is 12.9. The Bertz CT molecular complexity index is 1190. The van der Waals surface area contributed by atoms with Crippen LogP contribution in [0.2, 0.25) is 0 Å². The summed E-state index contributed by atoms with van der Waals surface area (Å²) in [6.07, 6.45) is 2.14. The average molecular weight is 574 g/mol. The molecule has 0 radical (unpaired) electrons. The highest BCUT2D eigenvalue weighted by molar-refractivity contribution is 14.1. The van der Waals surface area contributed by atoms with Crippen molar-refractivity contribution in [1.82, 2.24) is 20.2 Å². The van der Waals surface area contributed by atoms with Gasteiger partial charge in [0.2, 0.25) is 5.91 Å². The van der Waals surface area contributed by atoms with E-state index in [0.717, 1.165) is 33.9 Å². The molecule has 172 valence electrons. The number of hydrogen-bond acceptors (Lipinski definition) is 3. The molecule has 1 fully saturated rings. The van der Waals surface area contributed by atoms with Crippen LogP contribution in [0.25, 0.3) is 0 Å². The summed E-state index contributed by atoms with van der Waals surface area (Å²) in [7, 11) is 0. The van der Waals surface area contributed by atoms with Crippen molar-refractivity contribution >= 4 is 51.5 Å². The Morgan fingerprint density at radius 2 is 1.97 bits per heavy atom. The third-order valence-electron chi connectivity index (χ3n) is 6.09. The van der Waals surface area contributed by atoms with Crippen LogP contribution in [0.3, 0.4) is 0 Å². The van der Waals surface area contributed by atoms with E-state index in [0.29, 0.717) is 18.1 Å². The van der Waals surface area contributed by atoms with Crippen LogP contribution >= 0.6 is 34.8 Å². The Hall–Kier alpha value is -2.46. The molecule has 0 aliphatic carbocycles. The first-order chi connectivity index (χ1) is 15.8. The minimum absolute atomic E-state index is 0.0248. The Labute approximate surface area is 213 Å². The Morgan fingerprint density at radius 3 is 2.64 bits per heavy atom. The number of H-pyrrole nitrogens is 1. The van der Waals surface area contributed by atoms with Crippen molar-refractivity contribution in [3.63, 3.8) is 0 Å². The van der Waals surface area contributed by atoms with Crippen molar-refractivity contribution in [2.24, 2.45) is 0 Å². The third kappa shape index (κ3) is 4.91. The lowest BCUT2D eigenvalue weighted by Gasteiger charge is -2.28. The lowest BCUT2D eigenvalue weighted by molar-refractivity contribution is -0.116. The number of pyridine rings is 1. The summed E-state index contributed by atoms with van der Waals surface area (Å²) in [4.78, 5) is 23.0. The van der Waals surface area contributed by atoms with Crippen LogP contribution in [-0.2, 0) is 4.79 Å². The van der Waals surface area contributed by atoms with Crippen LogP contribution in [-0.4, -0.2) is 32.4 Å². The number of carbonyl (C=O) groups excluding carboxylic acids is 1. The Kier molecular flexibility index (Phi) is 7.04. The van der Waals surface area contributed by atoms with Crippen molar-refractivity contribution in [2.75, 3.05) is 11.9 Å². The number of halogens is 1. The monoisotopic (exact) mass is 573 g/mol. The van der Waals surface area contributed by atoms with Crippen molar-refractivity contribution < 1.29 is 4.79 Å². The molecule has 1 aromatic carbocycles. The van der Waals surface area contributed by atoms with Gasteiger partial charge in [-0.05, 0) is 91.8 Å². The zero-order valence-electron chi connectivity index (χ0n) is 19.2. The number of anilines is 1. The van der Waals surface area contributed by atoms with E-state index in [-0.39, 0.29) is 18.0 Å². The zero-order valence-corrected chi connectivity index (χ0v) is 22.2. The van der Waals surface area contributed by atoms with E-state index < -0.39 is 0 Å². The van der Waals surface area contributed by atoms with Gasteiger partial charge >= 0.3 is 0 Å². The van der Waals surface area contributed by atoms with E-state index >= 15 is 0 Å². The van der Waals surface area contributed by atoms with E-state index in [2.05, 4.69) is 61.9 Å². The SMILES string of the molecule is Cc1ccc(C)c(NC(=O)CCN2C(=S)N[C@@H](c3ccccn3)[C@@H]2c2c(C)[nH]c(C)c2I)c1. The fourth-order valence-electron chi connectivity index (χ4n) is 4.39. The maximum absolute atomic E-state index is 12.9. The van der Waals surface area contributed by atoms with Gasteiger partial charge in [-0.3, -0.25) is 9.78 Å². The van der Waals surface area contributed by atoms with Crippen molar-refractivity contribution in [3.8, 4) is 0 Å². The highest BCUT2D eigenvalue weighted by Crippen LogP contribution is 2.42. The first-order valence-corrected chi connectivity index (χ1v) is 12.4. The van der Waals surface area contributed by atoms with Gasteiger partial charge in [-0.2, -0.15) is 0 Å². The Morgan fingerprint density at radius 1 is 1.18 bits per heavy atom. The molecule has 2 atom stereocenters. The molecule has 33 heavy (non-hydrogen) atoms. The first kappa shape index (κ1) is 23.7. The largest absolute Gasteiger partial charge is 0.362 e. The topological polar surface area (TPSA) is 73.1 Å². The molecule has 2 aromatic heterocycles. The quantitative estimate of drug-likeness (QED) is 0.278. The minimum atomic E-state index is -0.0943. The van der Waals surface area contributed by atoms with Gasteiger partial charge in [0.15, 0.2) is 5.11 Å². The fourth-order valence-corrected chi connectivity index (χ4v) is 5.58. The fraction of sp³-hybridized carbons (Fsp3) is 0.320. The number of nitrogens with zero attached hydrogens (tertiary/aromatic N) is 2. The highest BCUT2D eigenvalue weighted by Gasteiger charge is 2.42. The van der Waals surface area contributed by atoms with Gasteiger partial charge in [0.05, 0.1) is 17.8 Å². The summed E-state index contributed by atoms with van der Waals surface area (Å²) in [6, 6.07) is 11.8. The molecule has 3 aromatic rings. The summed E-state index contributed by atoms with van der Waals surface area (Å²) in [5.74, 6) is -0.0248. The molecular weight excluding hydrogens is 545 g/mol. The molecular formula is C25H28IN5OS. The molecule has 3 heterocycles. The van der Waals surface area contributed by atoms with Crippen molar-refractivity contribution in [1.29, 1.82) is 0 Å². The predicted molar refractivity (Wildman–Crippen MR) is 144 cm³/mol. The van der Waals surface area contributed by atoms with Crippen LogP contribution in [0.5, 0.6) is 0 Å². The van der Waals surface area contributed by atoms with Gasteiger partial charge in [-0.15, -0.1) is 0 Å². The highest BCUT2D eigenvalue weighted by atomic mass is 127. The van der Waals surface area contributed by atoms with Gasteiger partial charge in [0.25, 0.3) is 0 Å². The second-order valence-electron chi connectivity index (χ2n) is 8.54. The molecule has 1 aliphatic heterocycles. The maximum Gasteiger partial charge on any atom is 0.226 e. The van der Waals surface area contributed by atoms with Crippen LogP contribution in [0.1, 0.15) is 52.3 Å². The number of thiocarbonyl (C=S) groups is 1. The molecule has 0 bridgehead atoms. The number of nitrogens with one attached hydrogen (secondary N) is 3.